The molecule has 2 saturated heterocycles. The zero-order chi connectivity index (χ0) is 32.7. The van der Waals surface area contributed by atoms with Gasteiger partial charge in [-0.05, 0) is 18.2 Å². The second kappa shape index (κ2) is 12.9. The summed E-state index contributed by atoms with van der Waals surface area (Å²) < 4.78 is 33.4. The molecule has 10 N–H and O–H groups in total. The van der Waals surface area contributed by atoms with Gasteiger partial charge in [0.25, 0.3) is 0 Å². The molecule has 0 amide bonds. The molecule has 0 radical (unpaired) electrons. The summed E-state index contributed by atoms with van der Waals surface area (Å²) in [4.78, 5) is 13.3. The van der Waals surface area contributed by atoms with Gasteiger partial charge in [-0.15, -0.1) is 0 Å². The van der Waals surface area contributed by atoms with Crippen molar-refractivity contribution in [2.45, 2.75) is 61.4 Å². The molecule has 0 saturated carbocycles. The predicted octanol–water partition coefficient (Wildman–Crippen LogP) is -2.41. The van der Waals surface area contributed by atoms with Crippen molar-refractivity contribution in [3.63, 3.8) is 0 Å². The molecule has 2 aliphatic rings. The van der Waals surface area contributed by atoms with Crippen LogP contribution in [-0.2, 0) is 14.2 Å². The molecule has 3 heterocycles. The summed E-state index contributed by atoms with van der Waals surface area (Å²) >= 11 is 0. The van der Waals surface area contributed by atoms with Crippen LogP contribution in [0.3, 0.4) is 0 Å². The highest BCUT2D eigenvalue weighted by Gasteiger charge is 2.51. The van der Waals surface area contributed by atoms with Crippen LogP contribution in [0.15, 0.2) is 39.5 Å². The molecule has 1 aromatic heterocycles. The van der Waals surface area contributed by atoms with E-state index in [9.17, 15) is 55.9 Å². The van der Waals surface area contributed by atoms with E-state index in [-0.39, 0.29) is 33.8 Å². The highest BCUT2D eigenvalue weighted by molar-refractivity contribution is 5.88. The quantitative estimate of drug-likeness (QED) is 0.115. The maximum atomic E-state index is 13.3. The van der Waals surface area contributed by atoms with Crippen LogP contribution in [0.5, 0.6) is 28.7 Å². The molecule has 10 unspecified atom stereocenters. The Hall–Kier alpha value is -3.75. The minimum absolute atomic E-state index is 0.124. The Kier molecular flexibility index (Phi) is 9.38. The Morgan fingerprint density at radius 3 is 2.02 bits per heavy atom. The van der Waals surface area contributed by atoms with Crippen LogP contribution in [0.1, 0.15) is 0 Å². The third-order valence-corrected chi connectivity index (χ3v) is 7.56. The van der Waals surface area contributed by atoms with Crippen molar-refractivity contribution in [1.29, 1.82) is 0 Å². The standard InChI is InChI=1S/C28H32O17/c1-40-25-20(36)17-13(33)5-10(6-14(17)42-24(25)9-2-3-11(31)12(32)4-9)41-28-26(22(38)19(35)16(8-30)44-28)45-27-23(39)21(37)18(34)15(7-29)43-27/h2-6,15-16,18-19,21-23,26-35,37-39H,7-8H2,1H3. The number of rotatable bonds is 8. The fourth-order valence-corrected chi connectivity index (χ4v) is 5.13. The van der Waals surface area contributed by atoms with Crippen LogP contribution >= 0.6 is 0 Å². The predicted molar refractivity (Wildman–Crippen MR) is 146 cm³/mol. The van der Waals surface area contributed by atoms with Gasteiger partial charge >= 0.3 is 0 Å². The number of fused-ring (bicyclic) bond motifs is 1. The van der Waals surface area contributed by atoms with Gasteiger partial charge in [0.1, 0.15) is 65.2 Å². The second-order valence-electron chi connectivity index (χ2n) is 10.4. The van der Waals surface area contributed by atoms with Crippen molar-refractivity contribution in [2.24, 2.45) is 0 Å². The number of benzene rings is 2. The lowest BCUT2D eigenvalue weighted by Gasteiger charge is -2.45. The summed E-state index contributed by atoms with van der Waals surface area (Å²) in [6, 6.07) is 5.74. The van der Waals surface area contributed by atoms with Crippen molar-refractivity contribution in [2.75, 3.05) is 20.3 Å². The van der Waals surface area contributed by atoms with E-state index in [1.54, 1.807) is 0 Å². The third kappa shape index (κ3) is 5.98. The summed E-state index contributed by atoms with van der Waals surface area (Å²) in [5, 5.41) is 101. The first kappa shape index (κ1) is 32.6. The molecule has 0 bridgehead atoms. The van der Waals surface area contributed by atoms with Crippen molar-refractivity contribution < 1.29 is 79.2 Å². The van der Waals surface area contributed by atoms with Crippen molar-refractivity contribution >= 4 is 11.0 Å². The Balaban J connectivity index is 1.52. The first-order chi connectivity index (χ1) is 21.4. The minimum Gasteiger partial charge on any atom is -0.507 e. The van der Waals surface area contributed by atoms with Crippen LogP contribution in [0.25, 0.3) is 22.3 Å². The van der Waals surface area contributed by atoms with Crippen LogP contribution < -0.4 is 14.9 Å². The largest absolute Gasteiger partial charge is 0.507 e. The number of hydrogen-bond acceptors (Lipinski definition) is 17. The van der Waals surface area contributed by atoms with Gasteiger partial charge in [-0.1, -0.05) is 0 Å². The molecule has 0 aliphatic carbocycles. The van der Waals surface area contributed by atoms with Gasteiger partial charge in [-0.3, -0.25) is 4.79 Å². The number of aliphatic hydroxyl groups excluding tert-OH is 7. The van der Waals surface area contributed by atoms with Gasteiger partial charge in [0, 0.05) is 17.7 Å². The molecule has 246 valence electrons. The molecule has 2 aliphatic heterocycles. The van der Waals surface area contributed by atoms with Gasteiger partial charge in [0.05, 0.1) is 20.3 Å². The number of aromatic hydroxyl groups is 3. The second-order valence-corrected chi connectivity index (χ2v) is 10.4. The highest BCUT2D eigenvalue weighted by atomic mass is 16.8. The molecule has 10 atom stereocenters. The van der Waals surface area contributed by atoms with Crippen LogP contribution in [0.4, 0.5) is 0 Å². The molecule has 0 spiro atoms. The summed E-state index contributed by atoms with van der Waals surface area (Å²) in [7, 11) is 1.18. The maximum absolute atomic E-state index is 13.3. The average molecular weight is 641 g/mol. The molecular formula is C28H32O17. The lowest BCUT2D eigenvalue weighted by Crippen LogP contribution is -2.65. The van der Waals surface area contributed by atoms with Gasteiger partial charge in [-0.2, -0.15) is 0 Å². The molecule has 3 aromatic rings. The van der Waals surface area contributed by atoms with E-state index in [1.807, 2.05) is 0 Å². The normalized spacial score (nSPS) is 32.0. The Labute approximate surface area is 252 Å². The zero-order valence-corrected chi connectivity index (χ0v) is 23.4. The molecule has 17 heteroatoms. The molecular weight excluding hydrogens is 608 g/mol. The van der Waals surface area contributed by atoms with Crippen LogP contribution in [-0.4, -0.2) is 133 Å². The molecule has 2 aromatic carbocycles. The topological polar surface area (TPSA) is 279 Å². The van der Waals surface area contributed by atoms with E-state index in [1.165, 1.54) is 13.2 Å². The minimum atomic E-state index is -1.89. The van der Waals surface area contributed by atoms with Gasteiger partial charge in [0.15, 0.2) is 29.7 Å². The highest BCUT2D eigenvalue weighted by Crippen LogP contribution is 2.39. The summed E-state index contributed by atoms with van der Waals surface area (Å²) in [6.07, 6.45) is -17.1. The number of phenolic OH excluding ortho intramolecular Hbond substituents is 3. The van der Waals surface area contributed by atoms with E-state index in [0.29, 0.717) is 0 Å². The lowest BCUT2D eigenvalue weighted by atomic mass is 9.97. The number of methoxy groups -OCH3 is 1. The van der Waals surface area contributed by atoms with E-state index in [4.69, 9.17) is 28.1 Å². The molecule has 45 heavy (non-hydrogen) atoms. The fraction of sp³-hybridized carbons (Fsp3) is 0.464. The SMILES string of the molecule is COc1c(-c2ccc(O)c(O)c2)oc2cc(OC3OC(CO)C(O)C(O)C3OC3OC(CO)C(O)C(O)C3O)cc(O)c2c1=O. The fourth-order valence-electron chi connectivity index (χ4n) is 5.13. The molecule has 2 fully saturated rings. The zero-order valence-electron chi connectivity index (χ0n) is 23.4. The average Bonchev–Trinajstić information content (AvgIpc) is 3.01. The van der Waals surface area contributed by atoms with E-state index in [0.717, 1.165) is 24.3 Å². The summed E-state index contributed by atoms with van der Waals surface area (Å²) in [6.45, 7) is -1.56. The van der Waals surface area contributed by atoms with Gasteiger partial charge in [-0.25, -0.2) is 0 Å². The Bertz CT molecular complexity index is 1570. The molecule has 5 rings (SSSR count). The van der Waals surface area contributed by atoms with E-state index in [2.05, 4.69) is 0 Å². The van der Waals surface area contributed by atoms with Crippen molar-refractivity contribution in [1.82, 2.24) is 0 Å². The van der Waals surface area contributed by atoms with Gasteiger partial charge in [0.2, 0.25) is 17.5 Å². The Morgan fingerprint density at radius 1 is 0.756 bits per heavy atom. The summed E-state index contributed by atoms with van der Waals surface area (Å²) in [5.41, 5.74) is -0.930. The van der Waals surface area contributed by atoms with Crippen molar-refractivity contribution in [3.05, 3.63) is 40.6 Å². The summed E-state index contributed by atoms with van der Waals surface area (Å²) in [5.74, 6) is -2.36. The van der Waals surface area contributed by atoms with Crippen LogP contribution in [0, 0.1) is 0 Å². The van der Waals surface area contributed by atoms with Crippen molar-refractivity contribution in [3.8, 4) is 40.1 Å². The Morgan fingerprint density at radius 2 is 1.40 bits per heavy atom. The number of phenols is 3. The van der Waals surface area contributed by atoms with Gasteiger partial charge < -0.3 is 79.2 Å². The molecule has 17 nitrogen and oxygen atoms in total. The number of ether oxygens (including phenoxy) is 5. The maximum Gasteiger partial charge on any atom is 0.239 e. The number of hydrogen-bond donors (Lipinski definition) is 10. The third-order valence-electron chi connectivity index (χ3n) is 7.56. The smallest absolute Gasteiger partial charge is 0.239 e. The monoisotopic (exact) mass is 640 g/mol. The van der Waals surface area contributed by atoms with E-state index >= 15 is 0 Å². The lowest BCUT2D eigenvalue weighted by molar-refractivity contribution is -0.357. The van der Waals surface area contributed by atoms with E-state index < -0.39 is 97.3 Å². The number of aliphatic hydroxyl groups is 7. The first-order valence-corrected chi connectivity index (χ1v) is 13.5. The first-order valence-electron chi connectivity index (χ1n) is 13.5. The van der Waals surface area contributed by atoms with Crippen LogP contribution in [0.2, 0.25) is 0 Å².